The lowest BCUT2D eigenvalue weighted by Gasteiger charge is -2.11. The second-order valence-electron chi connectivity index (χ2n) is 6.43. The van der Waals surface area contributed by atoms with Crippen LogP contribution in [0.1, 0.15) is 31.8 Å². The zero-order chi connectivity index (χ0) is 21.0. The molecular formula is C22H17F3N2O2. The van der Waals surface area contributed by atoms with Crippen molar-refractivity contribution in [2.45, 2.75) is 13.1 Å². The number of hydrogen-bond donors (Lipinski definition) is 2. The van der Waals surface area contributed by atoms with Crippen LogP contribution < -0.4 is 10.6 Å². The van der Waals surface area contributed by atoms with Gasteiger partial charge in [-0.25, -0.2) is 0 Å². The first kappa shape index (κ1) is 20.1. The number of benzene rings is 3. The fraction of sp³-hybridized carbons (Fsp3) is 0.0909. The summed E-state index contributed by atoms with van der Waals surface area (Å²) in [4.78, 5) is 24.8. The minimum Gasteiger partial charge on any atom is -0.322 e. The van der Waals surface area contributed by atoms with E-state index in [1.807, 2.05) is 19.1 Å². The summed E-state index contributed by atoms with van der Waals surface area (Å²) in [5, 5.41) is 5.15. The summed E-state index contributed by atoms with van der Waals surface area (Å²) >= 11 is 0. The highest BCUT2D eigenvalue weighted by Gasteiger charge is 2.30. The van der Waals surface area contributed by atoms with E-state index in [2.05, 4.69) is 10.6 Å². The Bertz CT molecular complexity index is 1040. The van der Waals surface area contributed by atoms with Crippen LogP contribution in [0, 0.1) is 6.92 Å². The average Bonchev–Trinajstić information content (AvgIpc) is 2.69. The molecule has 0 aromatic heterocycles. The van der Waals surface area contributed by atoms with E-state index in [1.54, 1.807) is 18.2 Å². The van der Waals surface area contributed by atoms with E-state index in [0.29, 0.717) is 5.69 Å². The molecule has 0 bridgehead atoms. The Morgan fingerprint density at radius 2 is 1.28 bits per heavy atom. The molecule has 7 heteroatoms. The maximum atomic E-state index is 12.8. The quantitative estimate of drug-likeness (QED) is 0.608. The number of halogens is 3. The minimum atomic E-state index is -4.51. The minimum absolute atomic E-state index is 0.0133. The third-order valence-corrected chi connectivity index (χ3v) is 4.14. The summed E-state index contributed by atoms with van der Waals surface area (Å²) in [6.07, 6.45) is -4.51. The molecule has 29 heavy (non-hydrogen) atoms. The molecule has 3 aromatic carbocycles. The average molecular weight is 398 g/mol. The molecule has 0 aliphatic carbocycles. The molecule has 4 nitrogen and oxygen atoms in total. The first-order valence-corrected chi connectivity index (χ1v) is 8.69. The summed E-state index contributed by atoms with van der Waals surface area (Å²) in [7, 11) is 0. The first-order chi connectivity index (χ1) is 13.7. The van der Waals surface area contributed by atoms with Gasteiger partial charge in [-0.05, 0) is 55.5 Å². The van der Waals surface area contributed by atoms with Crippen molar-refractivity contribution in [2.24, 2.45) is 0 Å². The number of carbonyl (C=O) groups is 2. The van der Waals surface area contributed by atoms with Crippen LogP contribution in [0.5, 0.6) is 0 Å². The Morgan fingerprint density at radius 3 is 1.86 bits per heavy atom. The van der Waals surface area contributed by atoms with Crippen LogP contribution in [0.15, 0.2) is 72.8 Å². The number of amides is 2. The second-order valence-corrected chi connectivity index (χ2v) is 6.43. The van der Waals surface area contributed by atoms with Crippen molar-refractivity contribution in [2.75, 3.05) is 10.6 Å². The number of carbonyl (C=O) groups excluding carboxylic acids is 2. The predicted molar refractivity (Wildman–Crippen MR) is 105 cm³/mol. The van der Waals surface area contributed by atoms with Gasteiger partial charge in [0.25, 0.3) is 11.8 Å². The van der Waals surface area contributed by atoms with E-state index >= 15 is 0 Å². The number of anilines is 2. The van der Waals surface area contributed by atoms with Crippen LogP contribution in [0.2, 0.25) is 0 Å². The molecule has 0 saturated heterocycles. The number of nitrogens with one attached hydrogen (secondary N) is 2. The molecule has 0 aliphatic rings. The Kier molecular flexibility index (Phi) is 5.68. The van der Waals surface area contributed by atoms with E-state index in [0.717, 1.165) is 17.7 Å². The molecule has 0 fully saturated rings. The highest BCUT2D eigenvalue weighted by atomic mass is 19.4. The van der Waals surface area contributed by atoms with Gasteiger partial charge >= 0.3 is 6.18 Å². The number of alkyl halides is 3. The van der Waals surface area contributed by atoms with Crippen molar-refractivity contribution in [3.63, 3.8) is 0 Å². The van der Waals surface area contributed by atoms with Gasteiger partial charge in [0.2, 0.25) is 0 Å². The Hall–Kier alpha value is -3.61. The lowest BCUT2D eigenvalue weighted by Crippen LogP contribution is -2.16. The molecule has 0 unspecified atom stereocenters. The lowest BCUT2D eigenvalue weighted by molar-refractivity contribution is -0.137. The molecule has 148 valence electrons. The maximum absolute atomic E-state index is 12.8. The smallest absolute Gasteiger partial charge is 0.322 e. The topological polar surface area (TPSA) is 58.2 Å². The molecule has 0 atom stereocenters. The fourth-order valence-electron chi connectivity index (χ4n) is 2.62. The normalized spacial score (nSPS) is 11.0. The van der Waals surface area contributed by atoms with Gasteiger partial charge in [0.1, 0.15) is 0 Å². The van der Waals surface area contributed by atoms with E-state index in [4.69, 9.17) is 0 Å². The number of hydrogen-bond acceptors (Lipinski definition) is 2. The van der Waals surface area contributed by atoms with E-state index in [-0.39, 0.29) is 16.8 Å². The molecule has 2 N–H and O–H groups in total. The molecule has 0 aliphatic heterocycles. The summed E-state index contributed by atoms with van der Waals surface area (Å²) in [5.41, 5.74) is 1.22. The number of rotatable bonds is 4. The lowest BCUT2D eigenvalue weighted by atomic mass is 10.1. The summed E-state index contributed by atoms with van der Waals surface area (Å²) < 4.78 is 38.4. The Labute approximate surface area is 165 Å². The van der Waals surface area contributed by atoms with Crippen LogP contribution in [0.4, 0.5) is 24.5 Å². The third-order valence-electron chi connectivity index (χ3n) is 4.14. The highest BCUT2D eigenvalue weighted by Crippen LogP contribution is 2.30. The van der Waals surface area contributed by atoms with Gasteiger partial charge in [0, 0.05) is 22.5 Å². The molecule has 0 saturated carbocycles. The largest absolute Gasteiger partial charge is 0.416 e. The van der Waals surface area contributed by atoms with Gasteiger partial charge in [-0.1, -0.05) is 29.8 Å². The third kappa shape index (κ3) is 5.22. The SMILES string of the molecule is Cc1ccc(NC(=O)c2cccc(C(=O)Nc3cccc(C(F)(F)F)c3)c2)cc1. The standard InChI is InChI=1S/C22H17F3N2O2/c1-14-8-10-18(11-9-14)26-20(28)15-4-2-5-16(12-15)21(29)27-19-7-3-6-17(13-19)22(23,24)25/h2-13H,1H3,(H,26,28)(H,27,29). The van der Waals surface area contributed by atoms with Crippen molar-refractivity contribution in [1.29, 1.82) is 0 Å². The Balaban J connectivity index is 1.74. The summed E-state index contributed by atoms with van der Waals surface area (Å²) in [5.74, 6) is -1.02. The maximum Gasteiger partial charge on any atom is 0.416 e. The van der Waals surface area contributed by atoms with Gasteiger partial charge in [0.15, 0.2) is 0 Å². The van der Waals surface area contributed by atoms with Crippen molar-refractivity contribution in [1.82, 2.24) is 0 Å². The summed E-state index contributed by atoms with van der Waals surface area (Å²) in [6, 6.07) is 17.5. The van der Waals surface area contributed by atoms with Crippen molar-refractivity contribution >= 4 is 23.2 Å². The van der Waals surface area contributed by atoms with Crippen LogP contribution in [-0.4, -0.2) is 11.8 Å². The van der Waals surface area contributed by atoms with Crippen molar-refractivity contribution in [3.05, 3.63) is 95.1 Å². The van der Waals surface area contributed by atoms with E-state index < -0.39 is 23.6 Å². The zero-order valence-electron chi connectivity index (χ0n) is 15.4. The van der Waals surface area contributed by atoms with Gasteiger partial charge < -0.3 is 10.6 Å². The highest BCUT2D eigenvalue weighted by molar-refractivity contribution is 6.08. The second kappa shape index (κ2) is 8.18. The molecule has 0 radical (unpaired) electrons. The molecule has 3 aromatic rings. The molecular weight excluding hydrogens is 381 g/mol. The monoisotopic (exact) mass is 398 g/mol. The molecule has 2 amide bonds. The van der Waals surface area contributed by atoms with Crippen LogP contribution in [-0.2, 0) is 6.18 Å². The summed E-state index contributed by atoms with van der Waals surface area (Å²) in [6.45, 7) is 1.93. The van der Waals surface area contributed by atoms with Gasteiger partial charge in [-0.2, -0.15) is 13.2 Å². The zero-order valence-corrected chi connectivity index (χ0v) is 15.4. The fourth-order valence-corrected chi connectivity index (χ4v) is 2.62. The Morgan fingerprint density at radius 1 is 0.724 bits per heavy atom. The van der Waals surface area contributed by atoms with E-state index in [9.17, 15) is 22.8 Å². The van der Waals surface area contributed by atoms with E-state index in [1.165, 1.54) is 30.3 Å². The number of aryl methyl sites for hydroxylation is 1. The molecule has 0 heterocycles. The molecule has 3 rings (SSSR count). The molecule has 0 spiro atoms. The predicted octanol–water partition coefficient (Wildman–Crippen LogP) is 5.52. The van der Waals surface area contributed by atoms with Crippen molar-refractivity contribution in [3.8, 4) is 0 Å². The van der Waals surface area contributed by atoms with Crippen molar-refractivity contribution < 1.29 is 22.8 Å². The van der Waals surface area contributed by atoms with Gasteiger partial charge in [-0.3, -0.25) is 9.59 Å². The van der Waals surface area contributed by atoms with Gasteiger partial charge in [0.05, 0.1) is 5.56 Å². The van der Waals surface area contributed by atoms with Gasteiger partial charge in [-0.15, -0.1) is 0 Å². The first-order valence-electron chi connectivity index (χ1n) is 8.69. The van der Waals surface area contributed by atoms with Crippen LogP contribution >= 0.6 is 0 Å². The van der Waals surface area contributed by atoms with Crippen LogP contribution in [0.25, 0.3) is 0 Å². The van der Waals surface area contributed by atoms with Crippen LogP contribution in [0.3, 0.4) is 0 Å².